The number of anilines is 1. The molecule has 0 aromatic carbocycles. The van der Waals surface area contributed by atoms with Gasteiger partial charge in [0.05, 0.1) is 0 Å². The Labute approximate surface area is 64.4 Å². The summed E-state index contributed by atoms with van der Waals surface area (Å²) in [6, 6.07) is 0.104. The normalized spacial score (nSPS) is 10.5. The second-order valence-corrected chi connectivity index (χ2v) is 1.92. The van der Waals surface area contributed by atoms with Crippen LogP contribution in [0, 0.1) is 0 Å². The maximum atomic E-state index is 5.20. The van der Waals surface area contributed by atoms with E-state index in [0.29, 0.717) is 12.2 Å². The van der Waals surface area contributed by atoms with Gasteiger partial charge >= 0.3 is 6.01 Å². The van der Waals surface area contributed by atoms with Crippen LogP contribution >= 0.6 is 0 Å². The smallest absolute Gasteiger partial charge is 0.318 e. The summed E-state index contributed by atoms with van der Waals surface area (Å²) in [6.07, 6.45) is 5.99. The number of nitrogen functional groups attached to an aromatic ring is 1. The van der Waals surface area contributed by atoms with Crippen molar-refractivity contribution < 1.29 is 4.52 Å². The topological polar surface area (TPSA) is 64.9 Å². The van der Waals surface area contributed by atoms with Crippen molar-refractivity contribution in [2.24, 2.45) is 0 Å². The van der Waals surface area contributed by atoms with Gasteiger partial charge in [-0.2, -0.15) is 4.98 Å². The van der Waals surface area contributed by atoms with E-state index in [2.05, 4.69) is 21.2 Å². The van der Waals surface area contributed by atoms with E-state index in [1.807, 2.05) is 12.2 Å². The number of rotatable bonds is 3. The number of allylic oxidation sites excluding steroid dienone is 3. The van der Waals surface area contributed by atoms with Crippen LogP contribution in [0.5, 0.6) is 0 Å². The lowest BCUT2D eigenvalue weighted by Gasteiger charge is -1.79. The summed E-state index contributed by atoms with van der Waals surface area (Å²) >= 11 is 0. The molecular weight excluding hydrogens is 142 g/mol. The van der Waals surface area contributed by atoms with Gasteiger partial charge < -0.3 is 10.3 Å². The number of hydrogen-bond donors (Lipinski definition) is 1. The van der Waals surface area contributed by atoms with Crippen molar-refractivity contribution in [2.75, 3.05) is 5.73 Å². The molecule has 4 heteroatoms. The first kappa shape index (κ1) is 7.53. The first-order valence-electron chi connectivity index (χ1n) is 3.18. The van der Waals surface area contributed by atoms with Gasteiger partial charge in [0.25, 0.3) is 0 Å². The SMILES string of the molecule is C=C/C=C\Cc1noc(N)n1. The minimum absolute atomic E-state index is 0.104. The molecule has 58 valence electrons. The summed E-state index contributed by atoms with van der Waals surface area (Å²) in [4.78, 5) is 3.80. The minimum Gasteiger partial charge on any atom is -0.351 e. The Hall–Kier alpha value is -1.58. The molecule has 1 rings (SSSR count). The van der Waals surface area contributed by atoms with E-state index in [1.165, 1.54) is 0 Å². The number of hydrogen-bond acceptors (Lipinski definition) is 4. The van der Waals surface area contributed by atoms with Crippen molar-refractivity contribution >= 4 is 6.01 Å². The Bertz CT molecular complexity index is 264. The third kappa shape index (κ3) is 2.25. The zero-order valence-electron chi connectivity index (χ0n) is 6.03. The Morgan fingerprint density at radius 1 is 1.64 bits per heavy atom. The molecule has 4 nitrogen and oxygen atoms in total. The van der Waals surface area contributed by atoms with E-state index in [9.17, 15) is 0 Å². The molecule has 0 saturated heterocycles. The summed E-state index contributed by atoms with van der Waals surface area (Å²) < 4.78 is 4.55. The van der Waals surface area contributed by atoms with Crippen molar-refractivity contribution in [3.63, 3.8) is 0 Å². The van der Waals surface area contributed by atoms with E-state index in [4.69, 9.17) is 5.73 Å². The van der Waals surface area contributed by atoms with E-state index in [1.54, 1.807) is 6.08 Å². The highest BCUT2D eigenvalue weighted by molar-refractivity contribution is 5.10. The monoisotopic (exact) mass is 151 g/mol. The fourth-order valence-corrected chi connectivity index (χ4v) is 0.620. The third-order valence-electron chi connectivity index (χ3n) is 1.06. The van der Waals surface area contributed by atoms with Crippen LogP contribution in [0.25, 0.3) is 0 Å². The molecule has 1 heterocycles. The van der Waals surface area contributed by atoms with Gasteiger partial charge in [-0.3, -0.25) is 0 Å². The molecule has 1 aromatic rings. The number of nitrogens with zero attached hydrogens (tertiary/aromatic N) is 2. The Morgan fingerprint density at radius 3 is 3.00 bits per heavy atom. The second-order valence-electron chi connectivity index (χ2n) is 1.92. The summed E-state index contributed by atoms with van der Waals surface area (Å²) in [5.74, 6) is 0.584. The highest BCUT2D eigenvalue weighted by atomic mass is 16.5. The highest BCUT2D eigenvalue weighted by Gasteiger charge is 1.97. The maximum absolute atomic E-state index is 5.20. The van der Waals surface area contributed by atoms with Gasteiger partial charge in [-0.25, -0.2) is 0 Å². The average molecular weight is 151 g/mol. The lowest BCUT2D eigenvalue weighted by Crippen LogP contribution is -1.86. The molecule has 0 aliphatic rings. The molecular formula is C7H9N3O. The highest BCUT2D eigenvalue weighted by Crippen LogP contribution is 1.98. The molecule has 0 amide bonds. The van der Waals surface area contributed by atoms with Gasteiger partial charge in [-0.1, -0.05) is 30.0 Å². The maximum Gasteiger partial charge on any atom is 0.318 e. The Morgan fingerprint density at radius 2 is 2.45 bits per heavy atom. The lowest BCUT2D eigenvalue weighted by molar-refractivity contribution is 0.428. The quantitative estimate of drug-likeness (QED) is 0.653. The van der Waals surface area contributed by atoms with E-state index >= 15 is 0 Å². The molecule has 0 spiro atoms. The van der Waals surface area contributed by atoms with Gasteiger partial charge in [0.1, 0.15) is 0 Å². The molecule has 0 bridgehead atoms. The predicted octanol–water partition coefficient (Wildman–Crippen LogP) is 0.936. The van der Waals surface area contributed by atoms with Gasteiger partial charge in [-0.05, 0) is 0 Å². The molecule has 0 radical (unpaired) electrons. The largest absolute Gasteiger partial charge is 0.351 e. The lowest BCUT2D eigenvalue weighted by atomic mass is 10.3. The van der Waals surface area contributed by atoms with Crippen LogP contribution < -0.4 is 5.73 Å². The molecule has 1 aromatic heterocycles. The van der Waals surface area contributed by atoms with Crippen molar-refractivity contribution in [1.82, 2.24) is 10.1 Å². The van der Waals surface area contributed by atoms with Gasteiger partial charge in [0.2, 0.25) is 0 Å². The van der Waals surface area contributed by atoms with Crippen LogP contribution in [0.1, 0.15) is 5.82 Å². The second kappa shape index (κ2) is 3.55. The first-order chi connectivity index (χ1) is 5.33. The fraction of sp³-hybridized carbons (Fsp3) is 0.143. The zero-order chi connectivity index (χ0) is 8.10. The van der Waals surface area contributed by atoms with Gasteiger partial charge in [0, 0.05) is 6.42 Å². The molecule has 0 aliphatic carbocycles. The van der Waals surface area contributed by atoms with Crippen molar-refractivity contribution in [1.29, 1.82) is 0 Å². The predicted molar refractivity (Wildman–Crippen MR) is 41.8 cm³/mol. The van der Waals surface area contributed by atoms with Crippen molar-refractivity contribution in [2.45, 2.75) is 6.42 Å². The van der Waals surface area contributed by atoms with Crippen LogP contribution in [0.2, 0.25) is 0 Å². The minimum atomic E-state index is 0.104. The molecule has 0 atom stereocenters. The summed E-state index contributed by atoms with van der Waals surface area (Å²) in [7, 11) is 0. The first-order valence-corrected chi connectivity index (χ1v) is 3.18. The van der Waals surface area contributed by atoms with E-state index in [-0.39, 0.29) is 6.01 Å². The van der Waals surface area contributed by atoms with Gasteiger partial charge in [0.15, 0.2) is 5.82 Å². The van der Waals surface area contributed by atoms with E-state index in [0.717, 1.165) is 0 Å². The molecule has 2 N–H and O–H groups in total. The standard InChI is InChI=1S/C7H9N3O/c1-2-3-4-5-6-9-7(8)11-10-6/h2-4H,1,5H2,(H2,8,9,10)/b4-3-. The number of aromatic nitrogens is 2. The van der Waals surface area contributed by atoms with Crippen LogP contribution in [-0.2, 0) is 6.42 Å². The molecule has 0 saturated carbocycles. The third-order valence-corrected chi connectivity index (χ3v) is 1.06. The number of nitrogens with two attached hydrogens (primary N) is 1. The molecule has 0 fully saturated rings. The van der Waals surface area contributed by atoms with Crippen LogP contribution in [0.15, 0.2) is 29.3 Å². The summed E-state index contributed by atoms with van der Waals surface area (Å²) in [5.41, 5.74) is 5.20. The zero-order valence-corrected chi connectivity index (χ0v) is 6.03. The molecule has 11 heavy (non-hydrogen) atoms. The molecule has 0 aliphatic heterocycles. The fourth-order valence-electron chi connectivity index (χ4n) is 0.620. The average Bonchev–Trinajstić information content (AvgIpc) is 2.37. The summed E-state index contributed by atoms with van der Waals surface area (Å²) in [5, 5.41) is 3.59. The summed E-state index contributed by atoms with van der Waals surface area (Å²) in [6.45, 7) is 3.52. The van der Waals surface area contributed by atoms with Crippen LogP contribution in [0.4, 0.5) is 6.01 Å². The van der Waals surface area contributed by atoms with Crippen LogP contribution in [0.3, 0.4) is 0 Å². The van der Waals surface area contributed by atoms with Crippen molar-refractivity contribution in [3.05, 3.63) is 30.6 Å². The van der Waals surface area contributed by atoms with Crippen LogP contribution in [-0.4, -0.2) is 10.1 Å². The Kier molecular flexibility index (Phi) is 2.43. The molecule has 0 unspecified atom stereocenters. The van der Waals surface area contributed by atoms with Gasteiger partial charge in [-0.15, -0.1) is 0 Å². The Balaban J connectivity index is 2.51. The van der Waals surface area contributed by atoms with Crippen molar-refractivity contribution in [3.8, 4) is 0 Å². The van der Waals surface area contributed by atoms with E-state index < -0.39 is 0 Å².